The lowest BCUT2D eigenvalue weighted by Gasteiger charge is -2.30. The molecular weight excluding hydrogens is 332 g/mol. The number of likely N-dealkylation sites (tertiary alicyclic amines) is 1. The van der Waals surface area contributed by atoms with Crippen molar-refractivity contribution in [1.29, 1.82) is 0 Å². The molecule has 26 heavy (non-hydrogen) atoms. The number of rotatable bonds is 4. The number of carbonyl (C=O) groups is 2. The van der Waals surface area contributed by atoms with Crippen LogP contribution in [0, 0.1) is 5.92 Å². The van der Waals surface area contributed by atoms with Gasteiger partial charge >= 0.3 is 5.97 Å². The van der Waals surface area contributed by atoms with E-state index in [0.29, 0.717) is 28.7 Å². The zero-order valence-corrected chi connectivity index (χ0v) is 14.9. The van der Waals surface area contributed by atoms with Crippen molar-refractivity contribution in [2.24, 2.45) is 5.92 Å². The normalized spacial score (nSPS) is 16.8. The second-order valence-electron chi connectivity index (χ2n) is 6.45. The molecule has 1 atom stereocenters. The van der Waals surface area contributed by atoms with Gasteiger partial charge in [-0.15, -0.1) is 0 Å². The number of ether oxygens (including phenoxy) is 1. The molecule has 1 fully saturated rings. The van der Waals surface area contributed by atoms with E-state index in [1.54, 1.807) is 30.3 Å². The van der Waals surface area contributed by atoms with Gasteiger partial charge in [0.25, 0.3) is 5.91 Å². The highest BCUT2D eigenvalue weighted by molar-refractivity contribution is 5.97. The lowest BCUT2D eigenvalue weighted by Crippen LogP contribution is -2.39. The van der Waals surface area contributed by atoms with Crippen LogP contribution in [0.25, 0.3) is 0 Å². The van der Waals surface area contributed by atoms with E-state index in [0.717, 1.165) is 25.9 Å². The van der Waals surface area contributed by atoms with Gasteiger partial charge in [-0.25, -0.2) is 14.8 Å². The molecule has 7 nitrogen and oxygen atoms in total. The number of piperidine rings is 1. The fourth-order valence-corrected chi connectivity index (χ4v) is 3.10. The number of hydrogen-bond acceptors (Lipinski definition) is 6. The van der Waals surface area contributed by atoms with Gasteiger partial charge in [0.15, 0.2) is 0 Å². The summed E-state index contributed by atoms with van der Waals surface area (Å²) in [6.45, 7) is 3.65. The maximum atomic E-state index is 12.7. The zero-order valence-electron chi connectivity index (χ0n) is 14.9. The third kappa shape index (κ3) is 3.99. The van der Waals surface area contributed by atoms with Crippen molar-refractivity contribution in [3.05, 3.63) is 47.9 Å². The fraction of sp³-hybridized carbons (Fsp3) is 0.368. The highest BCUT2D eigenvalue weighted by atomic mass is 16.5. The Hall–Kier alpha value is -2.96. The summed E-state index contributed by atoms with van der Waals surface area (Å²) in [6, 6.07) is 8.58. The molecule has 2 heterocycles. The van der Waals surface area contributed by atoms with Crippen molar-refractivity contribution in [1.82, 2.24) is 14.9 Å². The summed E-state index contributed by atoms with van der Waals surface area (Å²) < 4.78 is 4.79. The minimum Gasteiger partial charge on any atom is -0.465 e. The Balaban J connectivity index is 1.80. The number of nitrogens with one attached hydrogen (secondary N) is 1. The molecule has 1 amide bonds. The van der Waals surface area contributed by atoms with Gasteiger partial charge in [0, 0.05) is 19.2 Å². The van der Waals surface area contributed by atoms with Crippen LogP contribution in [0.1, 0.15) is 40.6 Å². The number of aromatic nitrogens is 2. The molecule has 2 aromatic rings. The first-order valence-corrected chi connectivity index (χ1v) is 8.64. The molecule has 136 valence electrons. The third-order valence-corrected chi connectivity index (χ3v) is 4.43. The van der Waals surface area contributed by atoms with Gasteiger partial charge in [-0.3, -0.25) is 4.79 Å². The second kappa shape index (κ2) is 7.95. The number of nitrogens with zero attached hydrogens (tertiary/aromatic N) is 3. The van der Waals surface area contributed by atoms with E-state index in [4.69, 9.17) is 4.74 Å². The minimum atomic E-state index is -0.444. The van der Waals surface area contributed by atoms with E-state index >= 15 is 0 Å². The Kier molecular flexibility index (Phi) is 5.46. The van der Waals surface area contributed by atoms with E-state index in [1.807, 2.05) is 4.90 Å². The third-order valence-electron chi connectivity index (χ3n) is 4.43. The van der Waals surface area contributed by atoms with E-state index in [2.05, 4.69) is 22.2 Å². The Morgan fingerprint density at radius 2 is 2.08 bits per heavy atom. The molecule has 1 unspecified atom stereocenters. The summed E-state index contributed by atoms with van der Waals surface area (Å²) in [5, 5.41) is 3.07. The quantitative estimate of drug-likeness (QED) is 0.850. The lowest BCUT2D eigenvalue weighted by atomic mass is 10.00. The van der Waals surface area contributed by atoms with Gasteiger partial charge < -0.3 is 15.0 Å². The number of methoxy groups -OCH3 is 1. The Morgan fingerprint density at radius 3 is 2.85 bits per heavy atom. The number of para-hydroxylation sites is 1. The maximum Gasteiger partial charge on any atom is 0.339 e. The smallest absolute Gasteiger partial charge is 0.339 e. The van der Waals surface area contributed by atoms with Crippen LogP contribution in [-0.2, 0) is 4.74 Å². The molecule has 7 heteroatoms. The molecule has 0 aliphatic carbocycles. The second-order valence-corrected chi connectivity index (χ2v) is 6.45. The summed E-state index contributed by atoms with van der Waals surface area (Å²) in [5.74, 6) is 0.410. The number of carbonyl (C=O) groups excluding carboxylic acids is 2. The van der Waals surface area contributed by atoms with Gasteiger partial charge in [0.1, 0.15) is 17.8 Å². The van der Waals surface area contributed by atoms with Crippen LogP contribution < -0.4 is 5.32 Å². The van der Waals surface area contributed by atoms with Crippen LogP contribution in [0.5, 0.6) is 0 Å². The molecule has 3 rings (SSSR count). The maximum absolute atomic E-state index is 12.7. The molecule has 1 saturated heterocycles. The summed E-state index contributed by atoms with van der Waals surface area (Å²) in [6.07, 6.45) is 3.50. The lowest BCUT2D eigenvalue weighted by molar-refractivity contribution is 0.0601. The highest BCUT2D eigenvalue weighted by Gasteiger charge is 2.23. The predicted molar refractivity (Wildman–Crippen MR) is 97.4 cm³/mol. The average Bonchev–Trinajstić information content (AvgIpc) is 2.67. The largest absolute Gasteiger partial charge is 0.465 e. The fourth-order valence-electron chi connectivity index (χ4n) is 3.10. The van der Waals surface area contributed by atoms with Crippen LogP contribution in [0.2, 0.25) is 0 Å². The van der Waals surface area contributed by atoms with Crippen molar-refractivity contribution in [3.8, 4) is 0 Å². The first-order chi connectivity index (χ1) is 12.6. The Bertz CT molecular complexity index is 809. The van der Waals surface area contributed by atoms with Crippen molar-refractivity contribution in [2.75, 3.05) is 25.5 Å². The van der Waals surface area contributed by atoms with Crippen molar-refractivity contribution >= 4 is 23.4 Å². The SMILES string of the molecule is COC(=O)c1ccccc1Nc1cc(C(=O)N2CCCC(C)C2)ncn1. The molecule has 1 aromatic heterocycles. The number of hydrogen-bond donors (Lipinski definition) is 1. The van der Waals surface area contributed by atoms with Crippen LogP contribution in [-0.4, -0.2) is 46.9 Å². The van der Waals surface area contributed by atoms with Gasteiger partial charge in [-0.2, -0.15) is 0 Å². The summed E-state index contributed by atoms with van der Waals surface area (Å²) in [5.41, 5.74) is 1.29. The van der Waals surface area contributed by atoms with E-state index in [-0.39, 0.29) is 5.91 Å². The number of anilines is 2. The molecule has 0 radical (unpaired) electrons. The van der Waals surface area contributed by atoms with Gasteiger partial charge in [-0.05, 0) is 30.9 Å². The van der Waals surface area contributed by atoms with Crippen molar-refractivity contribution in [2.45, 2.75) is 19.8 Å². The Morgan fingerprint density at radius 1 is 1.27 bits per heavy atom. The van der Waals surface area contributed by atoms with Crippen LogP contribution >= 0.6 is 0 Å². The van der Waals surface area contributed by atoms with E-state index in [1.165, 1.54) is 13.4 Å². The highest BCUT2D eigenvalue weighted by Crippen LogP contribution is 2.22. The van der Waals surface area contributed by atoms with Crippen LogP contribution in [0.4, 0.5) is 11.5 Å². The number of esters is 1. The standard InChI is InChI=1S/C19H22N4O3/c1-13-6-5-9-23(11-13)18(24)16-10-17(21-12-20-16)22-15-8-4-3-7-14(15)19(25)26-2/h3-4,7-8,10,12-13H,5-6,9,11H2,1-2H3,(H,20,21,22). The minimum absolute atomic E-state index is 0.0942. The topological polar surface area (TPSA) is 84.4 Å². The molecular formula is C19H22N4O3. The molecule has 1 N–H and O–H groups in total. The van der Waals surface area contributed by atoms with Crippen LogP contribution in [0.3, 0.4) is 0 Å². The summed E-state index contributed by atoms with van der Waals surface area (Å²) in [7, 11) is 1.33. The monoisotopic (exact) mass is 354 g/mol. The molecule has 0 bridgehead atoms. The average molecular weight is 354 g/mol. The van der Waals surface area contributed by atoms with Crippen molar-refractivity contribution in [3.63, 3.8) is 0 Å². The molecule has 1 aliphatic rings. The molecule has 1 aromatic carbocycles. The zero-order chi connectivity index (χ0) is 18.5. The van der Waals surface area contributed by atoms with Gasteiger partial charge in [-0.1, -0.05) is 19.1 Å². The first-order valence-electron chi connectivity index (χ1n) is 8.64. The first kappa shape index (κ1) is 17.8. The van der Waals surface area contributed by atoms with Crippen molar-refractivity contribution < 1.29 is 14.3 Å². The van der Waals surface area contributed by atoms with E-state index in [9.17, 15) is 9.59 Å². The summed E-state index contributed by atoms with van der Waals surface area (Å²) in [4.78, 5) is 34.7. The van der Waals surface area contributed by atoms with Crippen LogP contribution in [0.15, 0.2) is 36.7 Å². The van der Waals surface area contributed by atoms with E-state index < -0.39 is 5.97 Å². The molecule has 0 spiro atoms. The number of benzene rings is 1. The molecule has 0 saturated carbocycles. The van der Waals surface area contributed by atoms with Gasteiger partial charge in [0.05, 0.1) is 18.4 Å². The Labute approximate surface area is 152 Å². The number of amides is 1. The summed E-state index contributed by atoms with van der Waals surface area (Å²) >= 11 is 0. The predicted octanol–water partition coefficient (Wildman–Crippen LogP) is 2.88. The van der Waals surface area contributed by atoms with Gasteiger partial charge in [0.2, 0.25) is 0 Å². The molecule has 1 aliphatic heterocycles.